The van der Waals surface area contributed by atoms with Crippen molar-refractivity contribution in [2.24, 2.45) is 0 Å². The zero-order valence-electron chi connectivity index (χ0n) is 15.0. The molecule has 0 unspecified atom stereocenters. The number of benzene rings is 2. The van der Waals surface area contributed by atoms with Crippen LogP contribution in [0.1, 0.15) is 16.1 Å². The molecule has 28 heavy (non-hydrogen) atoms. The van der Waals surface area contributed by atoms with E-state index in [9.17, 15) is 18.0 Å². The van der Waals surface area contributed by atoms with Crippen LogP contribution in [-0.4, -0.2) is 30.7 Å². The minimum absolute atomic E-state index is 0.199. The molecule has 0 saturated heterocycles. The summed E-state index contributed by atoms with van der Waals surface area (Å²) in [6, 6.07) is 13.4. The lowest BCUT2D eigenvalue weighted by atomic mass is 10.2. The van der Waals surface area contributed by atoms with E-state index in [0.29, 0.717) is 39.9 Å². The van der Waals surface area contributed by atoms with Crippen molar-refractivity contribution in [1.82, 2.24) is 4.57 Å². The second-order valence-corrected chi connectivity index (χ2v) is 6.02. The van der Waals surface area contributed by atoms with Crippen LogP contribution in [0.3, 0.4) is 0 Å². The fraction of sp³-hybridized carbons (Fsp3) is 0.190. The molecule has 0 fully saturated rings. The molecule has 0 bridgehead atoms. The van der Waals surface area contributed by atoms with Gasteiger partial charge in [-0.2, -0.15) is 13.2 Å². The van der Waals surface area contributed by atoms with Crippen LogP contribution in [0, 0.1) is 11.8 Å². The Labute approximate surface area is 159 Å². The molecule has 3 aromatic rings. The molecule has 1 aromatic heterocycles. The average molecular weight is 386 g/mol. The van der Waals surface area contributed by atoms with E-state index in [4.69, 9.17) is 4.74 Å². The molecule has 3 rings (SSSR count). The number of alkyl halides is 3. The highest BCUT2D eigenvalue weighted by atomic mass is 19.4. The van der Waals surface area contributed by atoms with E-state index < -0.39 is 12.7 Å². The van der Waals surface area contributed by atoms with Crippen molar-refractivity contribution >= 4 is 22.9 Å². The number of aromatic nitrogens is 1. The second kappa shape index (κ2) is 8.09. The number of nitrogens with one attached hydrogen (secondary N) is 1. The maximum atomic E-state index is 13.0. The van der Waals surface area contributed by atoms with Gasteiger partial charge in [0.15, 0.2) is 0 Å². The Balaban J connectivity index is 1.82. The van der Waals surface area contributed by atoms with Gasteiger partial charge in [0, 0.05) is 16.5 Å². The first-order chi connectivity index (χ1) is 13.4. The third-order valence-corrected chi connectivity index (χ3v) is 4.09. The van der Waals surface area contributed by atoms with Crippen molar-refractivity contribution in [3.05, 3.63) is 59.8 Å². The van der Waals surface area contributed by atoms with E-state index in [1.54, 1.807) is 48.5 Å². The number of methoxy groups -OCH3 is 1. The zero-order valence-corrected chi connectivity index (χ0v) is 15.0. The molecule has 4 nitrogen and oxygen atoms in total. The van der Waals surface area contributed by atoms with Gasteiger partial charge in [-0.25, -0.2) is 0 Å². The lowest BCUT2D eigenvalue weighted by molar-refractivity contribution is -0.140. The Bertz CT molecular complexity index is 1060. The molecule has 2 aromatic carbocycles. The minimum atomic E-state index is -4.34. The van der Waals surface area contributed by atoms with Crippen molar-refractivity contribution < 1.29 is 22.7 Å². The van der Waals surface area contributed by atoms with Gasteiger partial charge in [0.25, 0.3) is 0 Å². The molecule has 144 valence electrons. The number of carbonyl (C=O) groups is 1. The van der Waals surface area contributed by atoms with E-state index in [2.05, 4.69) is 17.2 Å². The van der Waals surface area contributed by atoms with Crippen molar-refractivity contribution in [3.63, 3.8) is 0 Å². The van der Waals surface area contributed by atoms with E-state index in [1.807, 2.05) is 0 Å². The van der Waals surface area contributed by atoms with Crippen molar-refractivity contribution in [1.29, 1.82) is 0 Å². The summed E-state index contributed by atoms with van der Waals surface area (Å²) in [5, 5.41) is 3.75. The fourth-order valence-electron chi connectivity index (χ4n) is 2.86. The summed E-state index contributed by atoms with van der Waals surface area (Å²) in [5.41, 5.74) is 1.90. The number of rotatable bonds is 5. The number of hydrogen-bond acceptors (Lipinski definition) is 3. The number of para-hydroxylation sites is 1. The molecule has 0 saturated carbocycles. The number of ether oxygens (including phenoxy) is 1. The third kappa shape index (κ3) is 4.46. The first kappa shape index (κ1) is 19.4. The van der Waals surface area contributed by atoms with E-state index in [-0.39, 0.29) is 6.54 Å². The van der Waals surface area contributed by atoms with Gasteiger partial charge in [-0.15, -0.1) is 0 Å². The minimum Gasteiger partial charge on any atom is -0.495 e. The largest absolute Gasteiger partial charge is 0.495 e. The molecule has 1 heterocycles. The summed E-state index contributed by atoms with van der Waals surface area (Å²) in [7, 11) is 1.48. The zero-order chi connectivity index (χ0) is 20.1. The van der Waals surface area contributed by atoms with Crippen LogP contribution < -0.4 is 10.1 Å². The molecule has 0 amide bonds. The number of aldehydes is 1. The Morgan fingerprint density at radius 2 is 1.96 bits per heavy atom. The molecule has 0 aliphatic carbocycles. The topological polar surface area (TPSA) is 43.3 Å². The quantitative estimate of drug-likeness (QED) is 0.519. The first-order valence-corrected chi connectivity index (χ1v) is 8.42. The Morgan fingerprint density at radius 3 is 2.68 bits per heavy atom. The highest BCUT2D eigenvalue weighted by Crippen LogP contribution is 2.26. The van der Waals surface area contributed by atoms with Gasteiger partial charge >= 0.3 is 6.18 Å². The monoisotopic (exact) mass is 386 g/mol. The predicted octanol–water partition coefficient (Wildman–Crippen LogP) is 4.49. The van der Waals surface area contributed by atoms with Gasteiger partial charge < -0.3 is 14.6 Å². The summed E-state index contributed by atoms with van der Waals surface area (Å²) < 4.78 is 45.3. The highest BCUT2D eigenvalue weighted by molar-refractivity contribution is 5.82. The predicted molar refractivity (Wildman–Crippen MR) is 102 cm³/mol. The average Bonchev–Trinajstić information content (AvgIpc) is 3.01. The number of hydrogen-bond donors (Lipinski definition) is 1. The van der Waals surface area contributed by atoms with Crippen molar-refractivity contribution in [3.8, 4) is 17.6 Å². The molecule has 0 atom stereocenters. The van der Waals surface area contributed by atoms with Gasteiger partial charge in [-0.05, 0) is 36.3 Å². The Kier molecular flexibility index (Phi) is 5.59. The normalized spacial score (nSPS) is 11.0. The third-order valence-electron chi connectivity index (χ3n) is 4.09. The van der Waals surface area contributed by atoms with Crippen LogP contribution in [0.25, 0.3) is 10.9 Å². The molecule has 1 N–H and O–H groups in total. The molecular formula is C21H17F3N2O2. The van der Waals surface area contributed by atoms with Crippen LogP contribution in [0.5, 0.6) is 5.75 Å². The maximum absolute atomic E-state index is 13.0. The van der Waals surface area contributed by atoms with Crippen LogP contribution in [-0.2, 0) is 6.54 Å². The van der Waals surface area contributed by atoms with E-state index in [1.165, 1.54) is 11.7 Å². The molecule has 7 heteroatoms. The highest BCUT2D eigenvalue weighted by Gasteiger charge is 2.29. The number of nitrogens with zero attached hydrogens (tertiary/aromatic N) is 1. The number of fused-ring (bicyclic) bond motifs is 1. The van der Waals surface area contributed by atoms with Gasteiger partial charge in [0.2, 0.25) is 0 Å². The smallest absolute Gasteiger partial charge is 0.406 e. The number of halogens is 3. The van der Waals surface area contributed by atoms with Crippen LogP contribution in [0.2, 0.25) is 0 Å². The number of anilines is 1. The van der Waals surface area contributed by atoms with Gasteiger partial charge in [0.1, 0.15) is 18.6 Å². The molecule has 0 aliphatic heterocycles. The van der Waals surface area contributed by atoms with Crippen LogP contribution in [0.15, 0.2) is 48.5 Å². The summed E-state index contributed by atoms with van der Waals surface area (Å²) in [5.74, 6) is 6.14. The molecular weight excluding hydrogens is 369 g/mol. The standard InChI is InChI=1S/C21H17F3N2O2/c1-28-20-11-15(13-27)8-9-18(20)25-10-4-6-17-12-16-5-2-3-7-19(16)26(17)14-21(22,23)24/h2-3,5,7-9,11-13,25H,10,14H2,1H3. The number of carbonyl (C=O) groups excluding carboxylic acids is 1. The van der Waals surface area contributed by atoms with E-state index in [0.717, 1.165) is 0 Å². The lowest BCUT2D eigenvalue weighted by Crippen LogP contribution is -2.18. The maximum Gasteiger partial charge on any atom is 0.406 e. The van der Waals surface area contributed by atoms with Crippen LogP contribution >= 0.6 is 0 Å². The molecule has 0 aliphatic rings. The van der Waals surface area contributed by atoms with Gasteiger partial charge in [-0.3, -0.25) is 4.79 Å². The van der Waals surface area contributed by atoms with Crippen molar-refractivity contribution in [2.45, 2.75) is 12.7 Å². The second-order valence-electron chi connectivity index (χ2n) is 6.02. The fourth-order valence-corrected chi connectivity index (χ4v) is 2.86. The van der Waals surface area contributed by atoms with Crippen molar-refractivity contribution in [2.75, 3.05) is 19.0 Å². The molecule has 0 spiro atoms. The first-order valence-electron chi connectivity index (χ1n) is 8.42. The summed E-state index contributed by atoms with van der Waals surface area (Å²) in [6.45, 7) is -0.900. The summed E-state index contributed by atoms with van der Waals surface area (Å²) in [4.78, 5) is 10.8. The Morgan fingerprint density at radius 1 is 1.18 bits per heavy atom. The Hall–Kier alpha value is -3.40. The van der Waals surface area contributed by atoms with Crippen LogP contribution in [0.4, 0.5) is 18.9 Å². The SMILES string of the molecule is COc1cc(C=O)ccc1NCC#Cc1cc2ccccc2n1CC(F)(F)F. The summed E-state index contributed by atoms with van der Waals surface area (Å²) >= 11 is 0. The lowest BCUT2D eigenvalue weighted by Gasteiger charge is -2.11. The van der Waals surface area contributed by atoms with Gasteiger partial charge in [0.05, 0.1) is 25.0 Å². The molecule has 0 radical (unpaired) electrons. The summed E-state index contributed by atoms with van der Waals surface area (Å²) in [6.07, 6.45) is -3.63. The van der Waals surface area contributed by atoms with Gasteiger partial charge in [-0.1, -0.05) is 24.1 Å². The van der Waals surface area contributed by atoms with E-state index >= 15 is 0 Å².